The molecule has 3 nitrogen and oxygen atoms in total. The van der Waals surface area contributed by atoms with Gasteiger partial charge in [-0.15, -0.1) is 0 Å². The highest BCUT2D eigenvalue weighted by atomic mass is 16.3. The van der Waals surface area contributed by atoms with Gasteiger partial charge in [-0.2, -0.15) is 0 Å². The van der Waals surface area contributed by atoms with Crippen LogP contribution >= 0.6 is 0 Å². The van der Waals surface area contributed by atoms with E-state index in [0.29, 0.717) is 12.1 Å². The summed E-state index contributed by atoms with van der Waals surface area (Å²) in [5.74, 6) is 0.538. The van der Waals surface area contributed by atoms with Crippen LogP contribution in [0.5, 0.6) is 11.5 Å². The van der Waals surface area contributed by atoms with Crippen molar-refractivity contribution in [3.63, 3.8) is 0 Å². The van der Waals surface area contributed by atoms with E-state index in [9.17, 15) is 10.2 Å². The zero-order valence-corrected chi connectivity index (χ0v) is 16.0. The van der Waals surface area contributed by atoms with E-state index in [0.717, 1.165) is 24.1 Å². The summed E-state index contributed by atoms with van der Waals surface area (Å²) in [6.07, 6.45) is 0.887. The van der Waals surface area contributed by atoms with Crippen LogP contribution in [0.15, 0.2) is 42.5 Å². The topological polar surface area (TPSA) is 43.7 Å². The molecule has 0 bridgehead atoms. The van der Waals surface area contributed by atoms with Crippen LogP contribution in [0.2, 0.25) is 0 Å². The predicted octanol–water partition coefficient (Wildman–Crippen LogP) is 5.05. The number of rotatable bonds is 7. The lowest BCUT2D eigenvalue weighted by Crippen LogP contribution is -2.38. The Morgan fingerprint density at radius 1 is 0.840 bits per heavy atom. The summed E-state index contributed by atoms with van der Waals surface area (Å²) in [6.45, 7) is 11.7. The molecule has 0 amide bonds. The monoisotopic (exact) mass is 341 g/mol. The standard InChI is InChI=1S/C22H31NO2/c1-15(2)23(16(3)4)14-13-19(18-9-7-6-8-10-18)22-17(5)20(24)11-12-21(22)25/h6-12,15-16,19,24-25H,13-14H2,1-5H3. The van der Waals surface area contributed by atoms with Crippen LogP contribution in [0.1, 0.15) is 56.7 Å². The normalized spacial score (nSPS) is 13.0. The van der Waals surface area contributed by atoms with E-state index in [4.69, 9.17) is 0 Å². The van der Waals surface area contributed by atoms with Crippen LogP contribution < -0.4 is 0 Å². The summed E-state index contributed by atoms with van der Waals surface area (Å²) in [7, 11) is 0. The molecule has 1 unspecified atom stereocenters. The molecule has 0 aliphatic carbocycles. The lowest BCUT2D eigenvalue weighted by atomic mass is 9.84. The van der Waals surface area contributed by atoms with Crippen LogP contribution in [0.25, 0.3) is 0 Å². The lowest BCUT2D eigenvalue weighted by molar-refractivity contribution is 0.170. The van der Waals surface area contributed by atoms with Crippen molar-refractivity contribution >= 4 is 0 Å². The summed E-state index contributed by atoms with van der Waals surface area (Å²) in [4.78, 5) is 2.46. The number of hydrogen-bond donors (Lipinski definition) is 2. The maximum atomic E-state index is 10.5. The third-order valence-electron chi connectivity index (χ3n) is 5.02. The molecule has 2 N–H and O–H groups in total. The van der Waals surface area contributed by atoms with Crippen molar-refractivity contribution in [2.75, 3.05) is 6.54 Å². The Bertz CT molecular complexity index is 672. The third kappa shape index (κ3) is 4.55. The predicted molar refractivity (Wildman–Crippen MR) is 104 cm³/mol. The molecule has 0 saturated heterocycles. The summed E-state index contributed by atoms with van der Waals surface area (Å²) in [5, 5.41) is 20.7. The van der Waals surface area contributed by atoms with E-state index in [-0.39, 0.29) is 17.4 Å². The molecular weight excluding hydrogens is 310 g/mol. The van der Waals surface area contributed by atoms with Gasteiger partial charge in [-0.1, -0.05) is 30.3 Å². The Morgan fingerprint density at radius 3 is 1.96 bits per heavy atom. The minimum absolute atomic E-state index is 0.0494. The molecule has 25 heavy (non-hydrogen) atoms. The van der Waals surface area contributed by atoms with Crippen LogP contribution in [-0.4, -0.2) is 33.7 Å². The SMILES string of the molecule is Cc1c(O)ccc(O)c1C(CCN(C(C)C)C(C)C)c1ccccc1. The van der Waals surface area contributed by atoms with Gasteiger partial charge in [-0.05, 0) is 70.8 Å². The quantitative estimate of drug-likeness (QED) is 0.693. The fourth-order valence-corrected chi connectivity index (χ4v) is 3.70. The first-order valence-electron chi connectivity index (χ1n) is 9.15. The fraction of sp³-hybridized carbons (Fsp3) is 0.455. The summed E-state index contributed by atoms with van der Waals surface area (Å²) < 4.78 is 0. The molecule has 0 aliphatic heterocycles. The third-order valence-corrected chi connectivity index (χ3v) is 5.02. The number of nitrogens with zero attached hydrogens (tertiary/aromatic N) is 1. The molecule has 1 atom stereocenters. The van der Waals surface area contributed by atoms with Gasteiger partial charge in [0.05, 0.1) is 0 Å². The maximum absolute atomic E-state index is 10.5. The average Bonchev–Trinajstić information content (AvgIpc) is 2.57. The minimum Gasteiger partial charge on any atom is -0.508 e. The van der Waals surface area contributed by atoms with E-state index in [1.165, 1.54) is 5.56 Å². The highest BCUT2D eigenvalue weighted by Crippen LogP contribution is 2.39. The number of phenolic OH excluding ortho intramolecular Hbond substituents is 2. The van der Waals surface area contributed by atoms with Gasteiger partial charge in [-0.25, -0.2) is 0 Å². The van der Waals surface area contributed by atoms with Gasteiger partial charge in [0.15, 0.2) is 0 Å². The van der Waals surface area contributed by atoms with Gasteiger partial charge in [0.25, 0.3) is 0 Å². The van der Waals surface area contributed by atoms with Crippen molar-refractivity contribution in [2.24, 2.45) is 0 Å². The van der Waals surface area contributed by atoms with Crippen LogP contribution in [0, 0.1) is 6.92 Å². The molecule has 2 rings (SSSR count). The molecule has 0 spiro atoms. The second-order valence-electron chi connectivity index (χ2n) is 7.32. The highest BCUT2D eigenvalue weighted by Gasteiger charge is 2.23. The second kappa shape index (κ2) is 8.39. The van der Waals surface area contributed by atoms with E-state index in [1.807, 2.05) is 25.1 Å². The van der Waals surface area contributed by atoms with Gasteiger partial charge < -0.3 is 10.2 Å². The smallest absolute Gasteiger partial charge is 0.119 e. The van der Waals surface area contributed by atoms with Crippen molar-refractivity contribution < 1.29 is 10.2 Å². The van der Waals surface area contributed by atoms with Gasteiger partial charge in [0.2, 0.25) is 0 Å². The lowest BCUT2D eigenvalue weighted by Gasteiger charge is -2.32. The molecule has 2 aromatic carbocycles. The summed E-state index contributed by atoms with van der Waals surface area (Å²) in [6, 6.07) is 14.3. The van der Waals surface area contributed by atoms with Crippen molar-refractivity contribution in [1.29, 1.82) is 0 Å². The van der Waals surface area contributed by atoms with Crippen molar-refractivity contribution in [3.05, 3.63) is 59.2 Å². The Hall–Kier alpha value is -2.00. The van der Waals surface area contributed by atoms with Crippen LogP contribution in [-0.2, 0) is 0 Å². The van der Waals surface area contributed by atoms with Gasteiger partial charge >= 0.3 is 0 Å². The minimum atomic E-state index is 0.0494. The van der Waals surface area contributed by atoms with Crippen molar-refractivity contribution in [3.8, 4) is 11.5 Å². The zero-order valence-electron chi connectivity index (χ0n) is 16.0. The van der Waals surface area contributed by atoms with E-state index >= 15 is 0 Å². The van der Waals surface area contributed by atoms with Crippen molar-refractivity contribution in [1.82, 2.24) is 4.90 Å². The Balaban J connectivity index is 2.41. The van der Waals surface area contributed by atoms with Gasteiger partial charge in [-0.3, -0.25) is 4.90 Å². The number of aromatic hydroxyl groups is 2. The second-order valence-corrected chi connectivity index (χ2v) is 7.32. The van der Waals surface area contributed by atoms with Gasteiger partial charge in [0, 0.05) is 23.6 Å². The van der Waals surface area contributed by atoms with Gasteiger partial charge in [0.1, 0.15) is 11.5 Å². The van der Waals surface area contributed by atoms with E-state index in [1.54, 1.807) is 12.1 Å². The molecule has 0 fully saturated rings. The van der Waals surface area contributed by atoms with Crippen LogP contribution in [0.3, 0.4) is 0 Å². The number of benzene rings is 2. The Labute approximate surface area is 151 Å². The Kier molecular flexibility index (Phi) is 6.49. The molecular formula is C22H31NO2. The average molecular weight is 341 g/mol. The first-order chi connectivity index (χ1) is 11.8. The number of hydrogen-bond acceptors (Lipinski definition) is 3. The first kappa shape index (κ1) is 19.3. The molecule has 2 aromatic rings. The molecule has 136 valence electrons. The largest absolute Gasteiger partial charge is 0.508 e. The molecule has 0 radical (unpaired) electrons. The Morgan fingerprint density at radius 2 is 1.40 bits per heavy atom. The van der Waals surface area contributed by atoms with Crippen molar-refractivity contribution in [2.45, 2.75) is 59.0 Å². The summed E-state index contributed by atoms with van der Waals surface area (Å²) in [5.41, 5.74) is 2.76. The first-order valence-corrected chi connectivity index (χ1v) is 9.15. The van der Waals surface area contributed by atoms with E-state index in [2.05, 4.69) is 44.7 Å². The molecule has 3 heteroatoms. The van der Waals surface area contributed by atoms with E-state index < -0.39 is 0 Å². The zero-order chi connectivity index (χ0) is 18.6. The molecule has 0 aliphatic rings. The maximum Gasteiger partial charge on any atom is 0.119 e. The fourth-order valence-electron chi connectivity index (χ4n) is 3.70. The highest BCUT2D eigenvalue weighted by molar-refractivity contribution is 5.51. The van der Waals surface area contributed by atoms with Crippen LogP contribution in [0.4, 0.5) is 0 Å². The molecule has 0 heterocycles. The molecule has 0 aromatic heterocycles. The number of phenols is 2. The molecule has 0 saturated carbocycles. The summed E-state index contributed by atoms with van der Waals surface area (Å²) >= 11 is 0.